The fourth-order valence-corrected chi connectivity index (χ4v) is 1.09. The second kappa shape index (κ2) is 3.62. The average Bonchev–Trinajstić information content (AvgIpc) is 2.05. The summed E-state index contributed by atoms with van der Waals surface area (Å²) in [4.78, 5) is 2.07. The number of anilines is 2. The van der Waals surface area contributed by atoms with Gasteiger partial charge in [-0.15, -0.1) is 0 Å². The van der Waals surface area contributed by atoms with Gasteiger partial charge in [-0.3, -0.25) is 0 Å². The molecule has 0 aromatic heterocycles. The molecule has 1 aromatic carbocycles. The first-order valence-corrected chi connectivity index (χ1v) is 4.17. The Morgan fingerprint density at radius 2 is 1.73 bits per heavy atom. The zero-order chi connectivity index (χ0) is 8.27. The lowest BCUT2D eigenvalue weighted by Crippen LogP contribution is -2.07. The van der Waals surface area contributed by atoms with Crippen molar-refractivity contribution in [2.75, 3.05) is 23.3 Å². The summed E-state index contributed by atoms with van der Waals surface area (Å²) in [6.45, 7) is 0. The summed E-state index contributed by atoms with van der Waals surface area (Å²) in [7, 11) is 4.05. The minimum atomic E-state index is 1.07. The van der Waals surface area contributed by atoms with Crippen LogP contribution in [0, 0.1) is 0 Å². The van der Waals surface area contributed by atoms with E-state index in [0.717, 1.165) is 5.69 Å². The third-order valence-corrected chi connectivity index (χ3v) is 1.95. The van der Waals surface area contributed by atoms with E-state index in [1.54, 1.807) is 0 Å². The molecule has 0 saturated heterocycles. The van der Waals surface area contributed by atoms with Crippen LogP contribution in [0.4, 0.5) is 11.4 Å². The molecule has 0 unspecified atom stereocenters. The molecule has 0 aliphatic rings. The van der Waals surface area contributed by atoms with E-state index in [1.165, 1.54) is 5.69 Å². The van der Waals surface area contributed by atoms with Crippen LogP contribution in [0.1, 0.15) is 0 Å². The van der Waals surface area contributed by atoms with Crippen molar-refractivity contribution in [3.05, 3.63) is 24.3 Å². The zero-order valence-corrected chi connectivity index (χ0v) is 8.22. The largest absolute Gasteiger partial charge is 0.378 e. The molecule has 1 aromatic rings. The summed E-state index contributed by atoms with van der Waals surface area (Å²) in [5.74, 6) is 0. The van der Waals surface area contributed by atoms with Gasteiger partial charge < -0.3 is 9.24 Å². The zero-order valence-electron chi connectivity index (χ0n) is 6.63. The van der Waals surface area contributed by atoms with Gasteiger partial charge in [0.1, 0.15) is 0 Å². The van der Waals surface area contributed by atoms with E-state index in [4.69, 9.17) is 0 Å². The lowest BCUT2D eigenvalue weighted by atomic mass is 10.3. The lowest BCUT2D eigenvalue weighted by molar-refractivity contribution is 1.13. The van der Waals surface area contributed by atoms with Crippen molar-refractivity contribution in [2.45, 2.75) is 0 Å². The van der Waals surface area contributed by atoms with E-state index in [-0.39, 0.29) is 0 Å². The SMILES string of the molecule is CN(C)c1ccc(NBr)cc1. The third-order valence-electron chi connectivity index (χ3n) is 1.49. The summed E-state index contributed by atoms with van der Waals surface area (Å²) < 4.78 is 2.89. The topological polar surface area (TPSA) is 15.3 Å². The second-order valence-electron chi connectivity index (χ2n) is 2.54. The number of benzene rings is 1. The highest BCUT2D eigenvalue weighted by molar-refractivity contribution is 9.10. The van der Waals surface area contributed by atoms with Crippen LogP contribution in [-0.4, -0.2) is 14.1 Å². The van der Waals surface area contributed by atoms with Crippen molar-refractivity contribution in [2.24, 2.45) is 0 Å². The number of hydrogen-bond donors (Lipinski definition) is 1. The van der Waals surface area contributed by atoms with Gasteiger partial charge in [-0.2, -0.15) is 0 Å². The second-order valence-corrected chi connectivity index (χ2v) is 2.93. The molecular formula is C8H11BrN2. The van der Waals surface area contributed by atoms with Crippen molar-refractivity contribution in [1.82, 2.24) is 0 Å². The fourth-order valence-electron chi connectivity index (χ4n) is 0.823. The van der Waals surface area contributed by atoms with Gasteiger partial charge >= 0.3 is 0 Å². The Labute approximate surface area is 75.5 Å². The predicted molar refractivity (Wildman–Crippen MR) is 53.3 cm³/mol. The summed E-state index contributed by atoms with van der Waals surface area (Å²) in [6.07, 6.45) is 0. The molecule has 0 radical (unpaired) electrons. The van der Waals surface area contributed by atoms with E-state index in [2.05, 4.69) is 37.5 Å². The number of rotatable bonds is 2. The van der Waals surface area contributed by atoms with Gasteiger partial charge in [-0.1, -0.05) is 0 Å². The van der Waals surface area contributed by atoms with E-state index in [0.29, 0.717) is 0 Å². The van der Waals surface area contributed by atoms with Crippen LogP contribution in [0.15, 0.2) is 24.3 Å². The first-order valence-electron chi connectivity index (χ1n) is 3.38. The van der Waals surface area contributed by atoms with Gasteiger partial charge in [0.15, 0.2) is 0 Å². The molecule has 11 heavy (non-hydrogen) atoms. The number of hydrogen-bond acceptors (Lipinski definition) is 2. The molecule has 0 atom stereocenters. The minimum absolute atomic E-state index is 1.07. The molecule has 0 fully saturated rings. The van der Waals surface area contributed by atoms with Crippen LogP contribution >= 0.6 is 16.1 Å². The van der Waals surface area contributed by atoms with Crippen LogP contribution in [0.5, 0.6) is 0 Å². The predicted octanol–water partition coefficient (Wildman–Crippen LogP) is 2.47. The molecule has 2 nitrogen and oxygen atoms in total. The Balaban J connectivity index is 2.83. The summed E-state index contributed by atoms with van der Waals surface area (Å²) in [5, 5.41) is 0. The Morgan fingerprint density at radius 1 is 1.18 bits per heavy atom. The van der Waals surface area contributed by atoms with E-state index in [1.807, 2.05) is 26.2 Å². The summed E-state index contributed by atoms with van der Waals surface area (Å²) >= 11 is 3.16. The Morgan fingerprint density at radius 3 is 2.09 bits per heavy atom. The molecule has 0 heterocycles. The standard InChI is InChI=1S/C8H11BrN2/c1-11(2)8-5-3-7(10-9)4-6-8/h3-6,10H,1-2H3. The number of nitrogens with one attached hydrogen (secondary N) is 1. The van der Waals surface area contributed by atoms with E-state index >= 15 is 0 Å². The minimum Gasteiger partial charge on any atom is -0.378 e. The summed E-state index contributed by atoms with van der Waals surface area (Å²) in [5.41, 5.74) is 2.27. The molecule has 0 aliphatic heterocycles. The molecule has 1 rings (SSSR count). The maximum absolute atomic E-state index is 3.16. The molecule has 60 valence electrons. The molecule has 1 N–H and O–H groups in total. The van der Waals surface area contributed by atoms with Crippen LogP contribution in [0.2, 0.25) is 0 Å². The van der Waals surface area contributed by atoms with Crippen LogP contribution in [0.3, 0.4) is 0 Å². The maximum Gasteiger partial charge on any atom is 0.0465 e. The molecule has 0 saturated carbocycles. The highest BCUT2D eigenvalue weighted by Gasteiger charge is 1.93. The molecule has 0 spiro atoms. The molecule has 0 bridgehead atoms. The normalized spacial score (nSPS) is 9.36. The van der Waals surface area contributed by atoms with Gasteiger partial charge in [0, 0.05) is 41.6 Å². The van der Waals surface area contributed by atoms with Crippen molar-refractivity contribution >= 4 is 27.5 Å². The van der Waals surface area contributed by atoms with Crippen molar-refractivity contribution in [3.63, 3.8) is 0 Å². The quantitative estimate of drug-likeness (QED) is 0.762. The van der Waals surface area contributed by atoms with Gasteiger partial charge in [-0.25, -0.2) is 0 Å². The van der Waals surface area contributed by atoms with Crippen molar-refractivity contribution in [1.29, 1.82) is 0 Å². The van der Waals surface area contributed by atoms with E-state index < -0.39 is 0 Å². The highest BCUT2D eigenvalue weighted by Crippen LogP contribution is 2.15. The van der Waals surface area contributed by atoms with Gasteiger partial charge in [0.05, 0.1) is 0 Å². The van der Waals surface area contributed by atoms with Crippen molar-refractivity contribution in [3.8, 4) is 0 Å². The maximum atomic E-state index is 3.16. The Bertz CT molecular complexity index is 218. The lowest BCUT2D eigenvalue weighted by Gasteiger charge is -2.11. The van der Waals surface area contributed by atoms with Gasteiger partial charge in [-0.05, 0) is 24.3 Å². The third kappa shape index (κ3) is 2.12. The molecule has 0 aliphatic carbocycles. The Kier molecular flexibility index (Phi) is 2.76. The van der Waals surface area contributed by atoms with Gasteiger partial charge in [0.25, 0.3) is 0 Å². The van der Waals surface area contributed by atoms with Crippen LogP contribution in [0.25, 0.3) is 0 Å². The van der Waals surface area contributed by atoms with Crippen LogP contribution < -0.4 is 9.24 Å². The smallest absolute Gasteiger partial charge is 0.0465 e. The van der Waals surface area contributed by atoms with Crippen molar-refractivity contribution < 1.29 is 0 Å². The average molecular weight is 215 g/mol. The first kappa shape index (κ1) is 8.40. The van der Waals surface area contributed by atoms with Gasteiger partial charge in [0.2, 0.25) is 0 Å². The Hall–Kier alpha value is -0.700. The summed E-state index contributed by atoms with van der Waals surface area (Å²) in [6, 6.07) is 8.15. The number of halogens is 1. The molecule has 3 heteroatoms. The molecule has 0 amide bonds. The highest BCUT2D eigenvalue weighted by atomic mass is 79.9. The van der Waals surface area contributed by atoms with Crippen LogP contribution in [-0.2, 0) is 0 Å². The first-order chi connectivity index (χ1) is 5.24. The monoisotopic (exact) mass is 214 g/mol. The number of nitrogens with zero attached hydrogens (tertiary/aromatic N) is 1. The van der Waals surface area contributed by atoms with E-state index in [9.17, 15) is 0 Å². The fraction of sp³-hybridized carbons (Fsp3) is 0.250. The molecular weight excluding hydrogens is 204 g/mol.